The van der Waals surface area contributed by atoms with Crippen molar-refractivity contribution < 1.29 is 0 Å². The number of nitrogens with zero attached hydrogens (tertiary/aromatic N) is 2. The molecule has 1 aliphatic heterocycles. The third kappa shape index (κ3) is 4.10. The van der Waals surface area contributed by atoms with Gasteiger partial charge in [-0.3, -0.25) is 0 Å². The second-order valence-corrected chi connectivity index (χ2v) is 6.32. The van der Waals surface area contributed by atoms with Gasteiger partial charge < -0.3 is 10.2 Å². The number of hydrogen-bond acceptors (Lipinski definition) is 3. The van der Waals surface area contributed by atoms with Gasteiger partial charge in [0.2, 0.25) is 0 Å². The summed E-state index contributed by atoms with van der Waals surface area (Å²) in [4.78, 5) is 6.78. The Kier molecular flexibility index (Phi) is 5.67. The maximum absolute atomic E-state index is 6.16. The van der Waals surface area contributed by atoms with Gasteiger partial charge in [0.25, 0.3) is 0 Å². The van der Waals surface area contributed by atoms with Crippen LogP contribution in [0, 0.1) is 12.8 Å². The van der Waals surface area contributed by atoms with E-state index in [9.17, 15) is 0 Å². The predicted octanol–water partition coefficient (Wildman–Crippen LogP) is 3.97. The molecule has 0 saturated carbocycles. The van der Waals surface area contributed by atoms with Gasteiger partial charge >= 0.3 is 0 Å². The molecule has 2 heterocycles. The Morgan fingerprint density at radius 1 is 1.45 bits per heavy atom. The summed E-state index contributed by atoms with van der Waals surface area (Å²) in [5.41, 5.74) is 2.11. The van der Waals surface area contributed by atoms with Crippen molar-refractivity contribution in [2.45, 2.75) is 46.1 Å². The van der Waals surface area contributed by atoms with Crippen LogP contribution in [0.15, 0.2) is 12.3 Å². The van der Waals surface area contributed by atoms with Crippen molar-refractivity contribution in [3.63, 3.8) is 0 Å². The number of nitrogens with one attached hydrogen (secondary N) is 1. The number of rotatable bonds is 5. The van der Waals surface area contributed by atoms with Gasteiger partial charge in [-0.05, 0) is 70.3 Å². The summed E-state index contributed by atoms with van der Waals surface area (Å²) in [6.07, 6.45) is 5.60. The van der Waals surface area contributed by atoms with Crippen LogP contribution in [0.2, 0.25) is 5.15 Å². The molecule has 1 N–H and O–H groups in total. The van der Waals surface area contributed by atoms with Crippen LogP contribution < -0.4 is 5.32 Å². The van der Waals surface area contributed by atoms with Gasteiger partial charge in [0.05, 0.1) is 5.69 Å². The second kappa shape index (κ2) is 7.28. The van der Waals surface area contributed by atoms with E-state index in [1.165, 1.54) is 38.9 Å². The highest BCUT2D eigenvalue weighted by Gasteiger charge is 2.23. The van der Waals surface area contributed by atoms with Crippen molar-refractivity contribution in [1.29, 1.82) is 0 Å². The van der Waals surface area contributed by atoms with E-state index in [-0.39, 0.29) is 0 Å². The number of hydrogen-bond donors (Lipinski definition) is 1. The third-order valence-corrected chi connectivity index (χ3v) is 4.54. The third-order valence-electron chi connectivity index (χ3n) is 4.24. The maximum Gasteiger partial charge on any atom is 0.152 e. The van der Waals surface area contributed by atoms with Crippen LogP contribution in [0.3, 0.4) is 0 Å². The highest BCUT2D eigenvalue weighted by Crippen LogP contribution is 2.26. The highest BCUT2D eigenvalue weighted by atomic mass is 35.5. The monoisotopic (exact) mass is 295 g/mol. The number of likely N-dealkylation sites (tertiary alicyclic amines) is 1. The molecule has 0 radical (unpaired) electrons. The predicted molar refractivity (Wildman–Crippen MR) is 86.5 cm³/mol. The first-order valence-electron chi connectivity index (χ1n) is 7.71. The van der Waals surface area contributed by atoms with Crippen LogP contribution in [0.1, 0.15) is 38.7 Å². The molecule has 0 aromatic carbocycles. The molecule has 0 bridgehead atoms. The van der Waals surface area contributed by atoms with Crippen LogP contribution in [0.5, 0.6) is 0 Å². The largest absolute Gasteiger partial charge is 0.380 e. The van der Waals surface area contributed by atoms with E-state index < -0.39 is 0 Å². The first-order chi connectivity index (χ1) is 9.60. The second-order valence-electron chi connectivity index (χ2n) is 5.96. The minimum Gasteiger partial charge on any atom is -0.380 e. The number of piperidine rings is 1. The molecule has 0 spiro atoms. The number of aromatic nitrogens is 1. The molecule has 1 saturated heterocycles. The first kappa shape index (κ1) is 15.6. The smallest absolute Gasteiger partial charge is 0.152 e. The Labute approximate surface area is 127 Å². The molecular weight excluding hydrogens is 270 g/mol. The summed E-state index contributed by atoms with van der Waals surface area (Å²) >= 11 is 6.16. The van der Waals surface area contributed by atoms with Crippen LogP contribution in [0.25, 0.3) is 0 Å². The van der Waals surface area contributed by atoms with Crippen LogP contribution in [-0.2, 0) is 0 Å². The zero-order valence-electron chi connectivity index (χ0n) is 12.8. The van der Waals surface area contributed by atoms with Crippen LogP contribution >= 0.6 is 11.6 Å². The Hall–Kier alpha value is -0.800. The molecule has 1 aliphatic rings. The van der Waals surface area contributed by atoms with E-state index in [4.69, 9.17) is 11.6 Å². The van der Waals surface area contributed by atoms with Gasteiger partial charge in [-0.2, -0.15) is 0 Å². The molecule has 1 unspecified atom stereocenters. The normalized spacial score (nSPS) is 19.0. The Balaban J connectivity index is 1.89. The Bertz CT molecular complexity index is 428. The number of anilines is 1. The highest BCUT2D eigenvalue weighted by molar-refractivity contribution is 6.31. The lowest BCUT2D eigenvalue weighted by molar-refractivity contribution is 0.176. The molecular formula is C16H26ClN3. The molecule has 112 valence electrons. The summed E-state index contributed by atoms with van der Waals surface area (Å²) in [7, 11) is 0. The Morgan fingerprint density at radius 2 is 2.15 bits per heavy atom. The molecule has 1 fully saturated rings. The molecule has 1 aromatic rings. The summed E-state index contributed by atoms with van der Waals surface area (Å²) in [6.45, 7) is 10.3. The van der Waals surface area contributed by atoms with Gasteiger partial charge in [0, 0.05) is 12.2 Å². The quantitative estimate of drug-likeness (QED) is 0.833. The van der Waals surface area contributed by atoms with Gasteiger partial charge in [-0.1, -0.05) is 18.5 Å². The summed E-state index contributed by atoms with van der Waals surface area (Å²) < 4.78 is 0. The van der Waals surface area contributed by atoms with E-state index in [2.05, 4.69) is 35.1 Å². The van der Waals surface area contributed by atoms with E-state index in [0.29, 0.717) is 11.2 Å². The molecule has 20 heavy (non-hydrogen) atoms. The topological polar surface area (TPSA) is 28.2 Å². The molecule has 4 heteroatoms. The summed E-state index contributed by atoms with van der Waals surface area (Å²) in [5.74, 6) is 0.722. The summed E-state index contributed by atoms with van der Waals surface area (Å²) in [5, 5.41) is 4.13. The van der Waals surface area contributed by atoms with Crippen molar-refractivity contribution in [3.8, 4) is 0 Å². The number of pyridine rings is 1. The van der Waals surface area contributed by atoms with Crippen molar-refractivity contribution in [1.82, 2.24) is 9.88 Å². The van der Waals surface area contributed by atoms with Crippen LogP contribution in [-0.4, -0.2) is 35.6 Å². The van der Waals surface area contributed by atoms with E-state index >= 15 is 0 Å². The zero-order chi connectivity index (χ0) is 14.5. The molecule has 1 atom stereocenters. The molecule has 3 nitrogen and oxygen atoms in total. The van der Waals surface area contributed by atoms with Crippen molar-refractivity contribution in [2.75, 3.05) is 25.0 Å². The van der Waals surface area contributed by atoms with E-state index in [1.54, 1.807) is 6.20 Å². The number of halogens is 1. The van der Waals surface area contributed by atoms with E-state index in [0.717, 1.165) is 17.2 Å². The fourth-order valence-corrected chi connectivity index (χ4v) is 3.17. The standard InChI is InChI=1S/C16H26ClN3/c1-4-7-20-8-5-14(6-9-20)13(3)19-15-10-12(2)11-18-16(15)17/h10-11,13-14,19H,4-9H2,1-3H3. The number of aryl methyl sites for hydroxylation is 1. The fourth-order valence-electron chi connectivity index (χ4n) is 3.01. The fraction of sp³-hybridized carbons (Fsp3) is 0.688. The van der Waals surface area contributed by atoms with E-state index in [1.807, 2.05) is 6.92 Å². The van der Waals surface area contributed by atoms with Gasteiger partial charge in [0.15, 0.2) is 5.15 Å². The molecule has 1 aromatic heterocycles. The average Bonchev–Trinajstić information content (AvgIpc) is 2.44. The van der Waals surface area contributed by atoms with Crippen molar-refractivity contribution in [3.05, 3.63) is 23.0 Å². The first-order valence-corrected chi connectivity index (χ1v) is 8.09. The van der Waals surface area contributed by atoms with Crippen LogP contribution in [0.4, 0.5) is 5.69 Å². The van der Waals surface area contributed by atoms with Crippen molar-refractivity contribution >= 4 is 17.3 Å². The lowest BCUT2D eigenvalue weighted by Crippen LogP contribution is -2.39. The molecule has 2 rings (SSSR count). The molecule has 0 amide bonds. The summed E-state index contributed by atoms with van der Waals surface area (Å²) in [6, 6.07) is 2.53. The minimum atomic E-state index is 0.444. The SMILES string of the molecule is CCCN1CCC(C(C)Nc2cc(C)cnc2Cl)CC1. The lowest BCUT2D eigenvalue weighted by atomic mass is 9.90. The average molecular weight is 296 g/mol. The lowest BCUT2D eigenvalue weighted by Gasteiger charge is -2.35. The van der Waals surface area contributed by atoms with Gasteiger partial charge in [-0.25, -0.2) is 4.98 Å². The maximum atomic E-state index is 6.16. The zero-order valence-corrected chi connectivity index (χ0v) is 13.6. The molecule has 0 aliphatic carbocycles. The van der Waals surface area contributed by atoms with Gasteiger partial charge in [-0.15, -0.1) is 0 Å². The minimum absolute atomic E-state index is 0.444. The Morgan fingerprint density at radius 3 is 2.80 bits per heavy atom. The van der Waals surface area contributed by atoms with Crippen molar-refractivity contribution in [2.24, 2.45) is 5.92 Å². The van der Waals surface area contributed by atoms with Gasteiger partial charge in [0.1, 0.15) is 0 Å².